The molecule has 7 heteroatoms. The first-order chi connectivity index (χ1) is 15.1. The van der Waals surface area contributed by atoms with Gasteiger partial charge in [-0.2, -0.15) is 0 Å². The molecule has 1 heterocycles. The van der Waals surface area contributed by atoms with Gasteiger partial charge in [-0.3, -0.25) is 4.79 Å². The third kappa shape index (κ3) is 4.95. The van der Waals surface area contributed by atoms with Crippen LogP contribution in [0, 0.1) is 6.92 Å². The van der Waals surface area contributed by atoms with Crippen LogP contribution in [0.4, 0.5) is 0 Å². The lowest BCUT2D eigenvalue weighted by Crippen LogP contribution is -2.28. The summed E-state index contributed by atoms with van der Waals surface area (Å²) in [5, 5.41) is 11.1. The van der Waals surface area contributed by atoms with Gasteiger partial charge in [-0.15, -0.1) is 5.10 Å². The molecule has 1 aromatic heterocycles. The molecule has 0 radical (unpaired) electrons. The van der Waals surface area contributed by atoms with Gasteiger partial charge in [0.2, 0.25) is 0 Å². The van der Waals surface area contributed by atoms with Crippen molar-refractivity contribution >= 4 is 22.9 Å². The molecule has 156 valence electrons. The molecule has 0 saturated carbocycles. The van der Waals surface area contributed by atoms with Crippen LogP contribution in [-0.4, -0.2) is 33.5 Å². The molecule has 1 amide bonds. The van der Waals surface area contributed by atoms with Crippen molar-refractivity contribution in [1.29, 1.82) is 0 Å². The van der Waals surface area contributed by atoms with Crippen molar-refractivity contribution in [2.75, 3.05) is 6.61 Å². The second kappa shape index (κ2) is 9.21. The number of hydrogen-bond acceptors (Lipinski definition) is 5. The van der Waals surface area contributed by atoms with Gasteiger partial charge in [0, 0.05) is 6.54 Å². The number of hydrogen-bond donors (Lipinski definition) is 1. The predicted molar refractivity (Wildman–Crippen MR) is 116 cm³/mol. The Morgan fingerprint density at radius 1 is 0.968 bits per heavy atom. The van der Waals surface area contributed by atoms with Crippen LogP contribution in [0.15, 0.2) is 72.8 Å². The summed E-state index contributed by atoms with van der Waals surface area (Å²) in [5.74, 6) is -0.880. The number of benzene rings is 3. The minimum Gasteiger partial charge on any atom is -0.452 e. The predicted octanol–water partition coefficient (Wildman–Crippen LogP) is 3.26. The Hall–Kier alpha value is -4.00. The highest BCUT2D eigenvalue weighted by atomic mass is 16.5. The van der Waals surface area contributed by atoms with E-state index in [1.54, 1.807) is 16.8 Å². The van der Waals surface area contributed by atoms with E-state index in [1.807, 2.05) is 67.6 Å². The first-order valence-electron chi connectivity index (χ1n) is 9.95. The summed E-state index contributed by atoms with van der Waals surface area (Å²) >= 11 is 0. The van der Waals surface area contributed by atoms with Crippen molar-refractivity contribution in [2.24, 2.45) is 0 Å². The highest BCUT2D eigenvalue weighted by Gasteiger charge is 2.11. The van der Waals surface area contributed by atoms with Gasteiger partial charge in [0.15, 0.2) is 6.61 Å². The van der Waals surface area contributed by atoms with Crippen molar-refractivity contribution in [3.63, 3.8) is 0 Å². The van der Waals surface area contributed by atoms with Crippen molar-refractivity contribution in [3.05, 3.63) is 95.1 Å². The third-order valence-electron chi connectivity index (χ3n) is 5.01. The second-order valence-electron chi connectivity index (χ2n) is 7.21. The van der Waals surface area contributed by atoms with Gasteiger partial charge in [0.05, 0.1) is 17.6 Å². The number of aryl methyl sites for hydroxylation is 1. The van der Waals surface area contributed by atoms with Crippen LogP contribution >= 0.6 is 0 Å². The fraction of sp³-hybridized carbons (Fsp3) is 0.167. The van der Waals surface area contributed by atoms with Crippen LogP contribution in [0.2, 0.25) is 0 Å². The number of para-hydroxylation sites is 1. The lowest BCUT2D eigenvalue weighted by atomic mass is 10.1. The third-order valence-corrected chi connectivity index (χ3v) is 5.01. The molecule has 4 rings (SSSR count). The Bertz CT molecular complexity index is 1210. The van der Waals surface area contributed by atoms with Crippen LogP contribution < -0.4 is 5.32 Å². The number of nitrogens with one attached hydrogen (secondary N) is 1. The van der Waals surface area contributed by atoms with Gasteiger partial charge in [0.1, 0.15) is 5.52 Å². The summed E-state index contributed by atoms with van der Waals surface area (Å²) in [4.78, 5) is 24.2. The summed E-state index contributed by atoms with van der Waals surface area (Å²) in [6.45, 7) is 2.60. The average Bonchev–Trinajstić information content (AvgIpc) is 3.20. The lowest BCUT2D eigenvalue weighted by Gasteiger charge is -2.09. The number of aromatic nitrogens is 3. The molecule has 0 aliphatic rings. The number of carbonyl (C=O) groups excluding carboxylic acids is 2. The van der Waals surface area contributed by atoms with Gasteiger partial charge in [-0.25, -0.2) is 9.48 Å². The molecule has 0 aliphatic carbocycles. The Morgan fingerprint density at radius 3 is 2.52 bits per heavy atom. The fourth-order valence-electron chi connectivity index (χ4n) is 3.22. The fourth-order valence-corrected chi connectivity index (χ4v) is 3.22. The Kier molecular flexibility index (Phi) is 6.03. The van der Waals surface area contributed by atoms with Gasteiger partial charge in [-0.1, -0.05) is 53.7 Å². The van der Waals surface area contributed by atoms with Gasteiger partial charge < -0.3 is 10.1 Å². The maximum atomic E-state index is 12.3. The molecule has 0 unspecified atom stereocenters. The highest BCUT2D eigenvalue weighted by molar-refractivity contribution is 5.91. The van der Waals surface area contributed by atoms with Gasteiger partial charge in [-0.05, 0) is 47.9 Å². The smallest absolute Gasteiger partial charge is 0.338 e. The molecule has 0 aliphatic heterocycles. The molecule has 0 fully saturated rings. The van der Waals surface area contributed by atoms with Crippen LogP contribution in [0.3, 0.4) is 0 Å². The van der Waals surface area contributed by atoms with E-state index >= 15 is 0 Å². The van der Waals surface area contributed by atoms with Gasteiger partial charge >= 0.3 is 5.97 Å². The molecular weight excluding hydrogens is 392 g/mol. The lowest BCUT2D eigenvalue weighted by molar-refractivity contribution is -0.124. The first-order valence-corrected chi connectivity index (χ1v) is 9.95. The van der Waals surface area contributed by atoms with E-state index in [1.165, 1.54) is 0 Å². The zero-order chi connectivity index (χ0) is 21.6. The second-order valence-corrected chi connectivity index (χ2v) is 7.21. The molecule has 7 nitrogen and oxygen atoms in total. The summed E-state index contributed by atoms with van der Waals surface area (Å²) in [6, 6.07) is 22.6. The van der Waals surface area contributed by atoms with E-state index in [9.17, 15) is 9.59 Å². The number of carbonyl (C=O) groups is 2. The monoisotopic (exact) mass is 414 g/mol. The first kappa shape index (κ1) is 20.3. The van der Waals surface area contributed by atoms with Crippen LogP contribution in [-0.2, 0) is 22.6 Å². The molecule has 0 atom stereocenters. The van der Waals surface area contributed by atoms with E-state index in [-0.39, 0.29) is 12.5 Å². The quantitative estimate of drug-likeness (QED) is 0.469. The highest BCUT2D eigenvalue weighted by Crippen LogP contribution is 2.13. The number of esters is 1. The molecule has 1 N–H and O–H groups in total. The van der Waals surface area contributed by atoms with Crippen LogP contribution in [0.1, 0.15) is 27.0 Å². The number of rotatable bonds is 7. The van der Waals surface area contributed by atoms with Crippen molar-refractivity contribution in [3.8, 4) is 0 Å². The standard InChI is InChI=1S/C24H22N4O3/c1-17-6-2-3-7-20(17)14-25-23(29)16-31-24(30)19-12-10-18(11-13-19)15-28-22-9-5-4-8-21(22)26-27-28/h2-13H,14-16H2,1H3,(H,25,29). The number of fused-ring (bicyclic) bond motifs is 1. The van der Waals surface area contributed by atoms with E-state index in [4.69, 9.17) is 4.74 Å². The molecule has 0 spiro atoms. The van der Waals surface area contributed by atoms with Crippen LogP contribution in [0.25, 0.3) is 11.0 Å². The summed E-state index contributed by atoms with van der Waals surface area (Å²) < 4.78 is 6.94. The molecule has 0 saturated heterocycles. The minimum atomic E-state index is -0.538. The largest absolute Gasteiger partial charge is 0.452 e. The van der Waals surface area contributed by atoms with E-state index in [2.05, 4.69) is 15.6 Å². The molecular formula is C24H22N4O3. The normalized spacial score (nSPS) is 10.7. The van der Waals surface area contributed by atoms with Crippen LogP contribution in [0.5, 0.6) is 0 Å². The number of nitrogens with zero attached hydrogens (tertiary/aromatic N) is 3. The Balaban J connectivity index is 1.29. The summed E-state index contributed by atoms with van der Waals surface area (Å²) in [6.07, 6.45) is 0. The van der Waals surface area contributed by atoms with Crippen molar-refractivity contribution in [2.45, 2.75) is 20.0 Å². The summed E-state index contributed by atoms with van der Waals surface area (Å²) in [5.41, 5.74) is 5.27. The number of ether oxygens (including phenoxy) is 1. The van der Waals surface area contributed by atoms with E-state index in [0.717, 1.165) is 27.7 Å². The maximum absolute atomic E-state index is 12.3. The SMILES string of the molecule is Cc1ccccc1CNC(=O)COC(=O)c1ccc(Cn2nnc3ccccc32)cc1. The zero-order valence-electron chi connectivity index (χ0n) is 17.1. The number of amides is 1. The van der Waals surface area contributed by atoms with E-state index in [0.29, 0.717) is 18.7 Å². The molecule has 4 aromatic rings. The van der Waals surface area contributed by atoms with E-state index < -0.39 is 5.97 Å². The summed E-state index contributed by atoms with van der Waals surface area (Å²) in [7, 11) is 0. The zero-order valence-corrected chi connectivity index (χ0v) is 17.1. The molecule has 31 heavy (non-hydrogen) atoms. The van der Waals surface area contributed by atoms with Gasteiger partial charge in [0.25, 0.3) is 5.91 Å². The molecule has 0 bridgehead atoms. The van der Waals surface area contributed by atoms with Crippen molar-refractivity contribution < 1.29 is 14.3 Å². The topological polar surface area (TPSA) is 86.1 Å². The average molecular weight is 414 g/mol. The maximum Gasteiger partial charge on any atom is 0.338 e. The molecule has 3 aromatic carbocycles. The Morgan fingerprint density at radius 2 is 1.71 bits per heavy atom. The Labute approximate surface area is 179 Å². The minimum absolute atomic E-state index is 0.322. The van der Waals surface area contributed by atoms with Crippen molar-refractivity contribution in [1.82, 2.24) is 20.3 Å².